The molecule has 4 rings (SSSR count). The fourth-order valence-corrected chi connectivity index (χ4v) is 4.17. The van der Waals surface area contributed by atoms with E-state index in [0.717, 1.165) is 33.5 Å². The Morgan fingerprint density at radius 1 is 1.07 bits per heavy atom. The van der Waals surface area contributed by atoms with Crippen molar-refractivity contribution in [2.24, 2.45) is 5.73 Å². The lowest BCUT2D eigenvalue weighted by molar-refractivity contribution is 0.100. The summed E-state index contributed by atoms with van der Waals surface area (Å²) in [6.45, 7) is 0. The number of carbonyl (C=O) groups is 1. The minimum Gasteiger partial charge on any atom is -0.497 e. The number of carbonyl (C=O) groups excluding carboxylic acids is 1. The molecule has 0 fully saturated rings. The zero-order valence-electron chi connectivity index (χ0n) is 14.9. The summed E-state index contributed by atoms with van der Waals surface area (Å²) in [4.78, 5) is 17.5. The molecule has 0 aliphatic heterocycles. The van der Waals surface area contributed by atoms with Crippen LogP contribution in [0.2, 0.25) is 5.02 Å². The number of nitrogens with zero attached hydrogens (tertiary/aromatic N) is 1. The van der Waals surface area contributed by atoms with Gasteiger partial charge in [0.1, 0.15) is 15.5 Å². The maximum Gasteiger partial charge on any atom is 0.260 e. The van der Waals surface area contributed by atoms with Gasteiger partial charge >= 0.3 is 0 Å². The van der Waals surface area contributed by atoms with Gasteiger partial charge in [-0.05, 0) is 53.6 Å². The summed E-state index contributed by atoms with van der Waals surface area (Å²) in [5.74, 6) is 0.202. The molecular formula is C21H16ClN3O2S. The molecule has 4 aromatic rings. The number of methoxy groups -OCH3 is 1. The first-order chi connectivity index (χ1) is 13.5. The van der Waals surface area contributed by atoms with Crippen molar-refractivity contribution in [2.75, 3.05) is 12.8 Å². The number of primary amides is 1. The van der Waals surface area contributed by atoms with Gasteiger partial charge in [-0.15, -0.1) is 11.3 Å². The standard InChI is InChI=1S/C21H16ClN3O2S/c1-27-14-8-4-12(5-9-14)16-10-15(11-2-6-13(22)7-3-11)17-18(23)19(20(24)26)28-21(17)25-16/h2-10H,23H2,1H3,(H2,24,26). The van der Waals surface area contributed by atoms with Crippen LogP contribution in [-0.2, 0) is 0 Å². The van der Waals surface area contributed by atoms with E-state index >= 15 is 0 Å². The minimum absolute atomic E-state index is 0.310. The Hall–Kier alpha value is -3.09. The first-order valence-electron chi connectivity index (χ1n) is 8.41. The van der Waals surface area contributed by atoms with Crippen molar-refractivity contribution in [1.29, 1.82) is 0 Å². The SMILES string of the molecule is COc1ccc(-c2cc(-c3ccc(Cl)cc3)c3c(N)c(C(N)=O)sc3n2)cc1. The number of rotatable bonds is 4. The summed E-state index contributed by atoms with van der Waals surface area (Å²) < 4.78 is 5.23. The average molecular weight is 410 g/mol. The van der Waals surface area contributed by atoms with Crippen LogP contribution in [0.4, 0.5) is 5.69 Å². The van der Waals surface area contributed by atoms with Crippen LogP contribution in [0, 0.1) is 0 Å². The van der Waals surface area contributed by atoms with E-state index < -0.39 is 5.91 Å². The number of benzene rings is 2. The van der Waals surface area contributed by atoms with Crippen LogP contribution in [0.5, 0.6) is 5.75 Å². The Labute approximate surface area is 170 Å². The molecular weight excluding hydrogens is 394 g/mol. The number of amides is 1. The van der Waals surface area contributed by atoms with Crippen molar-refractivity contribution in [3.8, 4) is 28.1 Å². The zero-order chi connectivity index (χ0) is 19.8. The third-order valence-corrected chi connectivity index (χ3v) is 5.83. The molecule has 0 radical (unpaired) electrons. The molecule has 2 heterocycles. The van der Waals surface area contributed by atoms with Gasteiger partial charge in [-0.2, -0.15) is 0 Å². The summed E-state index contributed by atoms with van der Waals surface area (Å²) in [6, 6.07) is 17.0. The van der Waals surface area contributed by atoms with Crippen LogP contribution in [0.25, 0.3) is 32.6 Å². The van der Waals surface area contributed by atoms with Crippen molar-refractivity contribution in [1.82, 2.24) is 4.98 Å². The van der Waals surface area contributed by atoms with Crippen molar-refractivity contribution in [2.45, 2.75) is 0 Å². The first kappa shape index (κ1) is 18.3. The number of pyridine rings is 1. The molecule has 140 valence electrons. The van der Waals surface area contributed by atoms with E-state index in [4.69, 9.17) is 32.8 Å². The topological polar surface area (TPSA) is 91.2 Å². The molecule has 0 unspecified atom stereocenters. The third kappa shape index (κ3) is 3.17. The Morgan fingerprint density at radius 3 is 2.32 bits per heavy atom. The number of nitrogen functional groups attached to an aromatic ring is 1. The van der Waals surface area contributed by atoms with E-state index in [1.165, 1.54) is 11.3 Å². The van der Waals surface area contributed by atoms with Crippen LogP contribution in [-0.4, -0.2) is 18.0 Å². The fourth-order valence-electron chi connectivity index (χ4n) is 3.07. The second-order valence-electron chi connectivity index (χ2n) is 6.18. The van der Waals surface area contributed by atoms with Gasteiger partial charge in [-0.3, -0.25) is 4.79 Å². The monoisotopic (exact) mass is 409 g/mol. The quantitative estimate of drug-likeness (QED) is 0.497. The van der Waals surface area contributed by atoms with Gasteiger partial charge in [0.25, 0.3) is 5.91 Å². The predicted molar refractivity (Wildman–Crippen MR) is 115 cm³/mol. The number of aromatic nitrogens is 1. The fraction of sp³-hybridized carbons (Fsp3) is 0.0476. The summed E-state index contributed by atoms with van der Waals surface area (Å²) in [6.07, 6.45) is 0. The van der Waals surface area contributed by atoms with Gasteiger partial charge in [0.2, 0.25) is 0 Å². The Morgan fingerprint density at radius 2 is 1.71 bits per heavy atom. The molecule has 2 aromatic carbocycles. The highest BCUT2D eigenvalue weighted by Crippen LogP contribution is 2.41. The highest BCUT2D eigenvalue weighted by Gasteiger charge is 2.20. The van der Waals surface area contributed by atoms with Crippen molar-refractivity contribution in [3.63, 3.8) is 0 Å². The van der Waals surface area contributed by atoms with Crippen LogP contribution in [0.3, 0.4) is 0 Å². The van der Waals surface area contributed by atoms with Gasteiger partial charge in [0.05, 0.1) is 18.5 Å². The molecule has 5 nitrogen and oxygen atoms in total. The van der Waals surface area contributed by atoms with Crippen molar-refractivity contribution >= 4 is 44.7 Å². The highest BCUT2D eigenvalue weighted by atomic mass is 35.5. The van der Waals surface area contributed by atoms with Crippen LogP contribution in [0.1, 0.15) is 9.67 Å². The van der Waals surface area contributed by atoms with Crippen molar-refractivity contribution in [3.05, 3.63) is 64.5 Å². The van der Waals surface area contributed by atoms with Crippen LogP contribution in [0.15, 0.2) is 54.6 Å². The van der Waals surface area contributed by atoms with Gasteiger partial charge < -0.3 is 16.2 Å². The van der Waals surface area contributed by atoms with E-state index in [1.54, 1.807) is 7.11 Å². The van der Waals surface area contributed by atoms with Gasteiger partial charge in [-0.25, -0.2) is 4.98 Å². The van der Waals surface area contributed by atoms with Crippen LogP contribution >= 0.6 is 22.9 Å². The molecule has 0 aliphatic rings. The predicted octanol–water partition coefficient (Wildman–Crippen LogP) is 4.97. The smallest absolute Gasteiger partial charge is 0.260 e. The third-order valence-electron chi connectivity index (χ3n) is 4.46. The lowest BCUT2D eigenvalue weighted by Gasteiger charge is -2.09. The molecule has 28 heavy (non-hydrogen) atoms. The van der Waals surface area contributed by atoms with Gasteiger partial charge in [0.15, 0.2) is 0 Å². The second kappa shape index (κ2) is 7.14. The first-order valence-corrected chi connectivity index (χ1v) is 9.60. The summed E-state index contributed by atoms with van der Waals surface area (Å²) in [7, 11) is 1.62. The zero-order valence-corrected chi connectivity index (χ0v) is 16.5. The molecule has 2 aromatic heterocycles. The molecule has 0 aliphatic carbocycles. The number of hydrogen-bond acceptors (Lipinski definition) is 5. The number of thiophene rings is 1. The lowest BCUT2D eigenvalue weighted by Crippen LogP contribution is -2.10. The molecule has 0 saturated carbocycles. The number of nitrogens with two attached hydrogens (primary N) is 2. The Balaban J connectivity index is 2.00. The number of halogens is 1. The number of ether oxygens (including phenoxy) is 1. The van der Waals surface area contributed by atoms with E-state index in [-0.39, 0.29) is 0 Å². The van der Waals surface area contributed by atoms with E-state index in [0.29, 0.717) is 20.4 Å². The minimum atomic E-state index is -0.562. The Bertz CT molecular complexity index is 1190. The largest absolute Gasteiger partial charge is 0.497 e. The molecule has 4 N–H and O–H groups in total. The number of hydrogen-bond donors (Lipinski definition) is 2. The van der Waals surface area contributed by atoms with E-state index in [2.05, 4.69) is 0 Å². The van der Waals surface area contributed by atoms with E-state index in [1.807, 2.05) is 54.6 Å². The normalized spacial score (nSPS) is 10.9. The molecule has 7 heteroatoms. The van der Waals surface area contributed by atoms with Crippen LogP contribution < -0.4 is 16.2 Å². The highest BCUT2D eigenvalue weighted by molar-refractivity contribution is 7.21. The molecule has 1 amide bonds. The van der Waals surface area contributed by atoms with Crippen molar-refractivity contribution < 1.29 is 9.53 Å². The summed E-state index contributed by atoms with van der Waals surface area (Å²) >= 11 is 7.24. The summed E-state index contributed by atoms with van der Waals surface area (Å²) in [5.41, 5.74) is 15.6. The molecule has 0 saturated heterocycles. The maximum atomic E-state index is 11.8. The van der Waals surface area contributed by atoms with Gasteiger partial charge in [-0.1, -0.05) is 23.7 Å². The van der Waals surface area contributed by atoms with Gasteiger partial charge in [0, 0.05) is 16.0 Å². The molecule has 0 atom stereocenters. The summed E-state index contributed by atoms with van der Waals surface area (Å²) in [5, 5.41) is 1.36. The maximum absolute atomic E-state index is 11.8. The molecule has 0 bridgehead atoms. The second-order valence-corrected chi connectivity index (χ2v) is 7.62. The molecule has 0 spiro atoms. The van der Waals surface area contributed by atoms with E-state index in [9.17, 15) is 4.79 Å². The Kier molecular flexibility index (Phi) is 4.66. The number of anilines is 1. The average Bonchev–Trinajstić information content (AvgIpc) is 3.05. The number of fused-ring (bicyclic) bond motifs is 1. The lowest BCUT2D eigenvalue weighted by atomic mass is 9.99.